The van der Waals surface area contributed by atoms with E-state index in [0.29, 0.717) is 11.7 Å². The minimum Gasteiger partial charge on any atom is -0.477 e. The van der Waals surface area contributed by atoms with Gasteiger partial charge in [0.05, 0.1) is 18.7 Å². The monoisotopic (exact) mass is 238 g/mol. The molecule has 0 aliphatic rings. The summed E-state index contributed by atoms with van der Waals surface area (Å²) in [5.41, 5.74) is 1.02. The van der Waals surface area contributed by atoms with Crippen molar-refractivity contribution in [3.05, 3.63) is 35.2 Å². The van der Waals surface area contributed by atoms with Crippen molar-refractivity contribution in [2.75, 3.05) is 11.9 Å². The molecule has 0 aromatic carbocycles. The molecule has 0 saturated carbocycles. The average Bonchev–Trinajstić information content (AvgIpc) is 2.86. The average molecular weight is 238 g/mol. The Hall–Kier alpha value is -1.82. The number of carbonyl (C=O) groups is 1. The number of anilines is 1. The van der Waals surface area contributed by atoms with Crippen LogP contribution in [0.15, 0.2) is 29.2 Å². The van der Waals surface area contributed by atoms with Crippen LogP contribution < -0.4 is 4.90 Å². The van der Waals surface area contributed by atoms with Gasteiger partial charge in [0.2, 0.25) is 0 Å². The van der Waals surface area contributed by atoms with Gasteiger partial charge in [0.1, 0.15) is 4.88 Å². The van der Waals surface area contributed by atoms with Crippen LogP contribution in [0.25, 0.3) is 0 Å². The van der Waals surface area contributed by atoms with Crippen molar-refractivity contribution in [2.45, 2.75) is 6.54 Å². The lowest BCUT2D eigenvalue weighted by molar-refractivity contribution is 0.0702. The molecule has 16 heavy (non-hydrogen) atoms. The van der Waals surface area contributed by atoms with Crippen LogP contribution in [0.5, 0.6) is 0 Å². The van der Waals surface area contributed by atoms with Crippen molar-refractivity contribution >= 4 is 22.4 Å². The molecule has 2 aromatic heterocycles. The topological polar surface area (TPSA) is 66.6 Å². The number of carboxylic acid groups (broad SMARTS) is 1. The third kappa shape index (κ3) is 2.22. The lowest BCUT2D eigenvalue weighted by Crippen LogP contribution is -2.15. The van der Waals surface area contributed by atoms with Gasteiger partial charge in [-0.2, -0.15) is 0 Å². The number of carboxylic acids is 1. The first kappa shape index (κ1) is 10.7. The van der Waals surface area contributed by atoms with E-state index in [2.05, 4.69) is 4.98 Å². The zero-order chi connectivity index (χ0) is 11.5. The van der Waals surface area contributed by atoms with Crippen molar-refractivity contribution in [1.82, 2.24) is 4.98 Å². The summed E-state index contributed by atoms with van der Waals surface area (Å²) in [5.74, 6) is -0.944. The molecule has 2 rings (SSSR count). The molecule has 0 fully saturated rings. The Morgan fingerprint density at radius 1 is 1.69 bits per heavy atom. The van der Waals surface area contributed by atoms with E-state index in [1.165, 1.54) is 6.20 Å². The fourth-order valence-electron chi connectivity index (χ4n) is 1.26. The summed E-state index contributed by atoms with van der Waals surface area (Å²) in [6, 6.07) is 1.86. The molecule has 2 aromatic rings. The smallest absolute Gasteiger partial charge is 0.347 e. The number of thiazole rings is 1. The quantitative estimate of drug-likeness (QED) is 0.883. The summed E-state index contributed by atoms with van der Waals surface area (Å²) in [6.07, 6.45) is 4.63. The second-order valence-electron chi connectivity index (χ2n) is 3.30. The zero-order valence-corrected chi connectivity index (χ0v) is 9.40. The van der Waals surface area contributed by atoms with Crippen LogP contribution in [0.3, 0.4) is 0 Å². The van der Waals surface area contributed by atoms with Gasteiger partial charge in [-0.05, 0) is 6.07 Å². The predicted octanol–water partition coefficient (Wildman–Crippen LogP) is 2.07. The molecule has 0 aliphatic heterocycles. The van der Waals surface area contributed by atoms with E-state index in [1.807, 2.05) is 18.0 Å². The van der Waals surface area contributed by atoms with Crippen LogP contribution >= 0.6 is 11.3 Å². The summed E-state index contributed by atoms with van der Waals surface area (Å²) < 4.78 is 4.96. The lowest BCUT2D eigenvalue weighted by Gasteiger charge is -2.13. The molecule has 0 radical (unpaired) electrons. The second-order valence-corrected chi connectivity index (χ2v) is 4.31. The maximum Gasteiger partial charge on any atom is 0.347 e. The number of rotatable bonds is 4. The van der Waals surface area contributed by atoms with E-state index in [4.69, 9.17) is 9.52 Å². The van der Waals surface area contributed by atoms with Crippen molar-refractivity contribution < 1.29 is 14.3 Å². The molecule has 0 bridgehead atoms. The minimum absolute atomic E-state index is 0.244. The summed E-state index contributed by atoms with van der Waals surface area (Å²) in [4.78, 5) is 16.9. The van der Waals surface area contributed by atoms with Crippen LogP contribution in [-0.2, 0) is 6.54 Å². The second kappa shape index (κ2) is 4.36. The van der Waals surface area contributed by atoms with Crippen LogP contribution in [0.1, 0.15) is 15.2 Å². The third-order valence-corrected chi connectivity index (χ3v) is 3.13. The van der Waals surface area contributed by atoms with E-state index in [-0.39, 0.29) is 4.88 Å². The predicted molar refractivity (Wildman–Crippen MR) is 59.9 cm³/mol. The van der Waals surface area contributed by atoms with E-state index in [0.717, 1.165) is 16.9 Å². The highest BCUT2D eigenvalue weighted by Gasteiger charge is 2.12. The first-order chi connectivity index (χ1) is 7.66. The molecule has 0 saturated heterocycles. The molecule has 0 spiro atoms. The van der Waals surface area contributed by atoms with Gasteiger partial charge < -0.3 is 14.4 Å². The normalized spacial score (nSPS) is 10.3. The van der Waals surface area contributed by atoms with Crippen molar-refractivity contribution in [2.24, 2.45) is 0 Å². The van der Waals surface area contributed by atoms with Gasteiger partial charge >= 0.3 is 5.97 Å². The van der Waals surface area contributed by atoms with Gasteiger partial charge in [-0.15, -0.1) is 0 Å². The highest BCUT2D eigenvalue weighted by atomic mass is 32.1. The fourth-order valence-corrected chi connectivity index (χ4v) is 1.98. The first-order valence-electron chi connectivity index (χ1n) is 4.58. The molecule has 2 heterocycles. The van der Waals surface area contributed by atoms with Crippen molar-refractivity contribution in [3.63, 3.8) is 0 Å². The number of hydrogen-bond donors (Lipinski definition) is 1. The highest BCUT2D eigenvalue weighted by Crippen LogP contribution is 2.22. The van der Waals surface area contributed by atoms with E-state index >= 15 is 0 Å². The van der Waals surface area contributed by atoms with Gasteiger partial charge in [-0.1, -0.05) is 11.3 Å². The number of furan rings is 1. The number of aromatic nitrogens is 1. The summed E-state index contributed by atoms with van der Waals surface area (Å²) in [5, 5.41) is 9.45. The Morgan fingerprint density at radius 3 is 3.06 bits per heavy atom. The number of nitrogens with zero attached hydrogens (tertiary/aromatic N) is 2. The van der Waals surface area contributed by atoms with E-state index < -0.39 is 5.97 Å². The molecule has 84 valence electrons. The highest BCUT2D eigenvalue weighted by molar-refractivity contribution is 7.17. The van der Waals surface area contributed by atoms with Gasteiger partial charge in [-0.3, -0.25) is 0 Å². The van der Waals surface area contributed by atoms with Crippen LogP contribution in [0, 0.1) is 0 Å². The van der Waals surface area contributed by atoms with Gasteiger partial charge in [0.25, 0.3) is 0 Å². The fraction of sp³-hybridized carbons (Fsp3) is 0.200. The Kier molecular flexibility index (Phi) is 2.91. The van der Waals surface area contributed by atoms with Crippen molar-refractivity contribution in [1.29, 1.82) is 0 Å². The standard InChI is InChI=1S/C10H10N2O3S/c1-12(5-7-2-3-15-6-7)10-11-4-8(16-10)9(13)14/h2-4,6H,5H2,1H3,(H,13,14). The van der Waals surface area contributed by atoms with E-state index in [1.54, 1.807) is 12.5 Å². The zero-order valence-electron chi connectivity index (χ0n) is 8.58. The maximum atomic E-state index is 10.7. The Bertz CT molecular complexity index is 478. The molecule has 0 amide bonds. The molecule has 1 N–H and O–H groups in total. The molecule has 5 nitrogen and oxygen atoms in total. The lowest BCUT2D eigenvalue weighted by atomic mass is 10.3. The Labute approximate surface area is 96.0 Å². The van der Waals surface area contributed by atoms with Gasteiger partial charge in [0.15, 0.2) is 5.13 Å². The summed E-state index contributed by atoms with van der Waals surface area (Å²) in [6.45, 7) is 0.642. The summed E-state index contributed by atoms with van der Waals surface area (Å²) in [7, 11) is 1.86. The molecular weight excluding hydrogens is 228 g/mol. The third-order valence-electron chi connectivity index (χ3n) is 2.03. The molecule has 6 heteroatoms. The Morgan fingerprint density at radius 2 is 2.50 bits per heavy atom. The van der Waals surface area contributed by atoms with Gasteiger partial charge in [-0.25, -0.2) is 9.78 Å². The summed E-state index contributed by atoms with van der Waals surface area (Å²) >= 11 is 1.16. The van der Waals surface area contributed by atoms with Crippen LogP contribution in [0.2, 0.25) is 0 Å². The minimum atomic E-state index is -0.944. The van der Waals surface area contributed by atoms with Crippen LogP contribution in [0.4, 0.5) is 5.13 Å². The number of hydrogen-bond acceptors (Lipinski definition) is 5. The SMILES string of the molecule is CN(Cc1ccoc1)c1ncc(C(=O)O)s1. The first-order valence-corrected chi connectivity index (χ1v) is 5.40. The maximum absolute atomic E-state index is 10.7. The van der Waals surface area contributed by atoms with E-state index in [9.17, 15) is 4.79 Å². The van der Waals surface area contributed by atoms with Gasteiger partial charge in [0, 0.05) is 19.2 Å². The largest absolute Gasteiger partial charge is 0.477 e. The molecule has 0 atom stereocenters. The Balaban J connectivity index is 2.08. The molecule has 0 aliphatic carbocycles. The molecular formula is C10H10N2O3S. The van der Waals surface area contributed by atoms with Crippen molar-refractivity contribution in [3.8, 4) is 0 Å². The molecule has 0 unspecified atom stereocenters. The number of aromatic carboxylic acids is 1. The van der Waals surface area contributed by atoms with Crippen LogP contribution in [-0.4, -0.2) is 23.1 Å².